The molecule has 0 spiro atoms. The summed E-state index contributed by atoms with van der Waals surface area (Å²) < 4.78 is 16.3. The molecule has 6 rings (SSSR count). The topological polar surface area (TPSA) is 92.4 Å². The van der Waals surface area contributed by atoms with Crippen molar-refractivity contribution in [1.82, 2.24) is 20.4 Å². The van der Waals surface area contributed by atoms with Crippen LogP contribution < -0.4 is 10.6 Å². The SMILES string of the molecule is CC(C)(C)OC(=O)N1CCC(=O)CC1.CO[C@H]1CCN(C2CCNCC2)C(Cc2ccc(Cl)cc2)C1.CO[C@H]1CCNC(Cc2ccc(Cl)cc2)C1.Cl.Cl. The first kappa shape index (κ1) is 48.5. The first-order valence-corrected chi connectivity index (χ1v) is 19.9. The molecule has 9 nitrogen and oxygen atoms in total. The van der Waals surface area contributed by atoms with Crippen molar-refractivity contribution in [2.45, 2.75) is 121 Å². The van der Waals surface area contributed by atoms with Crippen molar-refractivity contribution < 1.29 is 23.8 Å². The van der Waals surface area contributed by atoms with Crippen molar-refractivity contribution in [3.63, 3.8) is 0 Å². The largest absolute Gasteiger partial charge is 0.444 e. The minimum atomic E-state index is -0.460. The van der Waals surface area contributed by atoms with Gasteiger partial charge in [0.2, 0.25) is 0 Å². The molecule has 0 radical (unpaired) electrons. The summed E-state index contributed by atoms with van der Waals surface area (Å²) in [5.74, 6) is 0.227. The molecular formula is C41H64Cl4N4O5. The van der Waals surface area contributed by atoms with Crippen molar-refractivity contribution in [2.24, 2.45) is 0 Å². The van der Waals surface area contributed by atoms with Crippen LogP contribution in [-0.2, 0) is 31.8 Å². The van der Waals surface area contributed by atoms with Crippen molar-refractivity contribution >= 4 is 59.9 Å². The normalized spacial score (nSPS) is 23.7. The van der Waals surface area contributed by atoms with E-state index in [1.54, 1.807) is 12.0 Å². The Hall–Kier alpha value is -1.66. The van der Waals surface area contributed by atoms with E-state index in [9.17, 15) is 9.59 Å². The maximum absolute atomic E-state index is 11.5. The molecule has 306 valence electrons. The van der Waals surface area contributed by atoms with Gasteiger partial charge in [0.15, 0.2) is 0 Å². The highest BCUT2D eigenvalue weighted by atomic mass is 35.5. The summed E-state index contributed by atoms with van der Waals surface area (Å²) in [6, 6.07) is 18.3. The van der Waals surface area contributed by atoms with Gasteiger partial charge >= 0.3 is 6.09 Å². The second kappa shape index (κ2) is 24.9. The first-order valence-electron chi connectivity index (χ1n) is 19.2. The van der Waals surface area contributed by atoms with Crippen LogP contribution in [-0.4, -0.2) is 111 Å². The Bertz CT molecular complexity index is 1350. The number of carbonyl (C=O) groups excluding carboxylic acids is 2. The lowest BCUT2D eigenvalue weighted by molar-refractivity contribution is -0.121. The molecule has 4 saturated heterocycles. The molecule has 2 N–H and O–H groups in total. The first-order chi connectivity index (χ1) is 24.9. The number of Topliss-reactive ketones (excluding diaryl/α,β-unsaturated/α-hetero) is 1. The van der Waals surface area contributed by atoms with Gasteiger partial charge in [-0.25, -0.2) is 4.79 Å². The number of amides is 1. The number of rotatable bonds is 7. The Morgan fingerprint density at radius 3 is 1.83 bits per heavy atom. The minimum absolute atomic E-state index is 0. The second-order valence-electron chi connectivity index (χ2n) is 15.5. The average Bonchev–Trinajstić information content (AvgIpc) is 3.14. The molecule has 0 aromatic heterocycles. The van der Waals surface area contributed by atoms with Crippen molar-refractivity contribution in [2.75, 3.05) is 53.5 Å². The molecule has 2 unspecified atom stereocenters. The maximum atomic E-state index is 11.5. The molecule has 2 aromatic carbocycles. The average molecular weight is 835 g/mol. The number of likely N-dealkylation sites (tertiary alicyclic amines) is 2. The molecule has 0 saturated carbocycles. The number of hydrogen-bond acceptors (Lipinski definition) is 8. The number of piperidine rings is 4. The number of nitrogens with one attached hydrogen (secondary N) is 2. The van der Waals surface area contributed by atoms with E-state index in [1.807, 2.05) is 52.1 Å². The standard InChI is InChI=1S/C18H27ClN2O.C13H18ClNO.C10H17NO3.2ClH/c1-22-18-8-11-21(16-6-9-20-10-7-16)17(13-18)12-14-2-4-15(19)5-3-14;1-16-13-6-7-15-12(9-13)8-10-2-4-11(14)5-3-10;1-10(2,3)14-9(13)11-6-4-8(12)5-7-11;;/h2-5,16-18,20H,6-13H2,1H3;2-5,12-13,15H,6-9H2,1H3;4-7H2,1-3H3;2*1H/t17?,18-;12?,13-;;;/m00.../s1. The van der Waals surface area contributed by atoms with Gasteiger partial charge in [-0.15, -0.1) is 24.8 Å². The molecule has 4 aliphatic heterocycles. The summed E-state index contributed by atoms with van der Waals surface area (Å²) >= 11 is 11.9. The smallest absolute Gasteiger partial charge is 0.410 e. The summed E-state index contributed by atoms with van der Waals surface area (Å²) in [4.78, 5) is 26.8. The number of benzene rings is 2. The van der Waals surface area contributed by atoms with E-state index >= 15 is 0 Å². The van der Waals surface area contributed by atoms with Crippen molar-refractivity contribution in [1.29, 1.82) is 0 Å². The van der Waals surface area contributed by atoms with Crippen LogP contribution in [0.3, 0.4) is 0 Å². The number of ketones is 1. The van der Waals surface area contributed by atoms with E-state index in [-0.39, 0.29) is 36.7 Å². The lowest BCUT2D eigenvalue weighted by atomic mass is 9.90. The molecule has 4 atom stereocenters. The predicted molar refractivity (Wildman–Crippen MR) is 225 cm³/mol. The quantitative estimate of drug-likeness (QED) is 0.289. The zero-order valence-electron chi connectivity index (χ0n) is 32.8. The third-order valence-corrected chi connectivity index (χ3v) is 10.9. The molecule has 4 heterocycles. The zero-order chi connectivity index (χ0) is 37.5. The number of halogens is 4. The number of nitrogens with zero attached hydrogens (tertiary/aromatic N) is 2. The molecule has 0 bridgehead atoms. The Morgan fingerprint density at radius 2 is 1.30 bits per heavy atom. The highest BCUT2D eigenvalue weighted by molar-refractivity contribution is 6.30. The highest BCUT2D eigenvalue weighted by Crippen LogP contribution is 2.28. The van der Waals surface area contributed by atoms with Gasteiger partial charge in [-0.1, -0.05) is 47.5 Å². The van der Waals surface area contributed by atoms with Gasteiger partial charge < -0.3 is 29.7 Å². The molecular weight excluding hydrogens is 770 g/mol. The summed E-state index contributed by atoms with van der Waals surface area (Å²) in [6.45, 7) is 11.0. The van der Waals surface area contributed by atoms with E-state index in [2.05, 4.69) is 39.8 Å². The van der Waals surface area contributed by atoms with E-state index in [4.69, 9.17) is 37.4 Å². The minimum Gasteiger partial charge on any atom is -0.444 e. The van der Waals surface area contributed by atoms with Gasteiger partial charge in [0.05, 0.1) is 12.2 Å². The number of ether oxygens (including phenoxy) is 3. The van der Waals surface area contributed by atoms with E-state index in [1.165, 1.54) is 30.5 Å². The molecule has 2 aromatic rings. The van der Waals surface area contributed by atoms with Gasteiger partial charge in [-0.3, -0.25) is 9.69 Å². The van der Waals surface area contributed by atoms with E-state index < -0.39 is 5.60 Å². The Morgan fingerprint density at radius 1 is 0.759 bits per heavy atom. The third-order valence-electron chi connectivity index (χ3n) is 10.4. The van der Waals surface area contributed by atoms with Gasteiger partial charge in [-0.2, -0.15) is 0 Å². The molecule has 1 amide bonds. The summed E-state index contributed by atoms with van der Waals surface area (Å²) in [5, 5.41) is 8.63. The summed E-state index contributed by atoms with van der Waals surface area (Å²) in [5.41, 5.74) is 2.25. The number of carbonyl (C=O) groups is 2. The number of hydrogen-bond donors (Lipinski definition) is 2. The molecule has 13 heteroatoms. The fourth-order valence-electron chi connectivity index (χ4n) is 7.47. The lowest BCUT2D eigenvalue weighted by Gasteiger charge is -2.45. The fourth-order valence-corrected chi connectivity index (χ4v) is 7.72. The Kier molecular flexibility index (Phi) is 22.3. The molecule has 0 aliphatic carbocycles. The predicted octanol–water partition coefficient (Wildman–Crippen LogP) is 8.19. The van der Waals surface area contributed by atoms with E-state index in [0.717, 1.165) is 74.2 Å². The Balaban J connectivity index is 0.000000284. The van der Waals surface area contributed by atoms with Crippen LogP contribution >= 0.6 is 48.0 Å². The van der Waals surface area contributed by atoms with Crippen LogP contribution in [0.5, 0.6) is 0 Å². The Labute approximate surface area is 346 Å². The molecule has 4 aliphatic rings. The van der Waals surface area contributed by atoms with Crippen LogP contribution in [0.4, 0.5) is 4.79 Å². The van der Waals surface area contributed by atoms with Crippen molar-refractivity contribution in [3.05, 3.63) is 69.7 Å². The zero-order valence-corrected chi connectivity index (χ0v) is 36.0. The summed E-state index contributed by atoms with van der Waals surface area (Å²) in [7, 11) is 3.65. The third kappa shape index (κ3) is 17.2. The van der Waals surface area contributed by atoms with Crippen LogP contribution in [0.1, 0.15) is 83.3 Å². The van der Waals surface area contributed by atoms with Crippen LogP contribution in [0.25, 0.3) is 0 Å². The molecule has 54 heavy (non-hydrogen) atoms. The maximum Gasteiger partial charge on any atom is 0.410 e. The van der Waals surface area contributed by atoms with Gasteiger partial charge in [-0.05, 0) is 127 Å². The monoisotopic (exact) mass is 832 g/mol. The van der Waals surface area contributed by atoms with Gasteiger partial charge in [0, 0.05) is 74.9 Å². The lowest BCUT2D eigenvalue weighted by Crippen LogP contribution is -2.53. The van der Waals surface area contributed by atoms with Crippen LogP contribution in [0.2, 0.25) is 10.0 Å². The fraction of sp³-hybridized carbons (Fsp3) is 0.659. The van der Waals surface area contributed by atoms with Crippen LogP contribution in [0.15, 0.2) is 48.5 Å². The second-order valence-corrected chi connectivity index (χ2v) is 16.3. The van der Waals surface area contributed by atoms with Gasteiger partial charge in [0.1, 0.15) is 11.4 Å². The summed E-state index contributed by atoms with van der Waals surface area (Å²) in [6.07, 6.45) is 10.6. The van der Waals surface area contributed by atoms with Crippen LogP contribution in [0, 0.1) is 0 Å². The van der Waals surface area contributed by atoms with E-state index in [0.29, 0.717) is 50.2 Å². The highest BCUT2D eigenvalue weighted by Gasteiger charge is 2.33. The number of methoxy groups -OCH3 is 2. The van der Waals surface area contributed by atoms with Crippen molar-refractivity contribution in [3.8, 4) is 0 Å². The van der Waals surface area contributed by atoms with Gasteiger partial charge in [0.25, 0.3) is 0 Å². The molecule has 4 fully saturated rings.